The van der Waals surface area contributed by atoms with Crippen molar-refractivity contribution in [2.24, 2.45) is 9.98 Å². The number of ether oxygens (including phenoxy) is 5. The van der Waals surface area contributed by atoms with Gasteiger partial charge in [-0.15, -0.1) is 0 Å². The van der Waals surface area contributed by atoms with Crippen molar-refractivity contribution < 1.29 is 38.1 Å². The molecule has 58 heavy (non-hydrogen) atoms. The lowest BCUT2D eigenvalue weighted by molar-refractivity contribution is -0.113. The number of nitrogens with one attached hydrogen (secondary N) is 1. The van der Waals surface area contributed by atoms with Crippen LogP contribution in [0.4, 0.5) is 17.1 Å². The smallest absolute Gasteiger partial charge is 0.260 e. The molecule has 4 heterocycles. The Morgan fingerprint density at radius 3 is 1.62 bits per heavy atom. The van der Waals surface area contributed by atoms with E-state index in [2.05, 4.69) is 21.2 Å². The highest BCUT2D eigenvalue weighted by molar-refractivity contribution is 9.09. The maximum absolute atomic E-state index is 13.8. The fourth-order valence-electron chi connectivity index (χ4n) is 7.33. The highest BCUT2D eigenvalue weighted by atomic mass is 79.9. The first kappa shape index (κ1) is 38.5. The van der Waals surface area contributed by atoms with Crippen LogP contribution in [0.25, 0.3) is 11.1 Å². The van der Waals surface area contributed by atoms with Crippen LogP contribution in [0, 0.1) is 0 Å². The zero-order chi connectivity index (χ0) is 40.3. The summed E-state index contributed by atoms with van der Waals surface area (Å²) in [7, 11) is 4.70. The van der Waals surface area contributed by atoms with Crippen LogP contribution in [0.1, 0.15) is 51.1 Å². The number of carbonyl (C=O) groups is 3. The maximum atomic E-state index is 13.8. The molecule has 0 saturated carbocycles. The fraction of sp³-hybridized carbons (Fsp3) is 0.250. The minimum atomic E-state index is -0.254. The van der Waals surface area contributed by atoms with E-state index in [4.69, 9.17) is 33.7 Å². The molecule has 0 radical (unpaired) electrons. The number of fused-ring (bicyclic) bond motifs is 4. The third kappa shape index (κ3) is 7.67. The lowest BCUT2D eigenvalue weighted by Gasteiger charge is -2.19. The van der Waals surface area contributed by atoms with Crippen molar-refractivity contribution in [2.75, 3.05) is 45.2 Å². The summed E-state index contributed by atoms with van der Waals surface area (Å²) in [5, 5.41) is 3.03. The second-order valence-electron chi connectivity index (χ2n) is 13.9. The van der Waals surface area contributed by atoms with Crippen LogP contribution in [-0.2, 0) is 4.79 Å². The normalized spacial score (nSPS) is 17.6. The van der Waals surface area contributed by atoms with Crippen molar-refractivity contribution in [1.82, 2.24) is 9.80 Å². The quantitative estimate of drug-likeness (QED) is 0.106. The van der Waals surface area contributed by atoms with Crippen LogP contribution in [0.2, 0.25) is 0 Å². The van der Waals surface area contributed by atoms with E-state index in [0.29, 0.717) is 77.1 Å². The Labute approximate surface area is 343 Å². The summed E-state index contributed by atoms with van der Waals surface area (Å²) in [5.74, 6) is 2.04. The van der Waals surface area contributed by atoms with Gasteiger partial charge in [0.15, 0.2) is 23.0 Å². The first-order chi connectivity index (χ1) is 28.3. The van der Waals surface area contributed by atoms with Crippen molar-refractivity contribution in [3.8, 4) is 28.7 Å². The molecule has 0 bridgehead atoms. The molecule has 4 aromatic rings. The monoisotopic (exact) mass is 845 g/mol. The molecular formula is C44H40BrN5O8. The predicted octanol–water partition coefficient (Wildman–Crippen LogP) is 7.84. The number of hydrogen-bond acceptors (Lipinski definition) is 10. The largest absolute Gasteiger partial charge is 0.497 e. The number of carbonyl (C=O) groups excluding carboxylic acids is 3. The molecule has 0 aromatic heterocycles. The summed E-state index contributed by atoms with van der Waals surface area (Å²) in [4.78, 5) is 52.1. The number of halogens is 1. The lowest BCUT2D eigenvalue weighted by atomic mass is 10.0. The molecule has 8 rings (SSSR count). The molecule has 4 aliphatic heterocycles. The third-order valence-electron chi connectivity index (χ3n) is 10.4. The Kier molecular flexibility index (Phi) is 11.0. The van der Waals surface area contributed by atoms with Gasteiger partial charge in [-0.1, -0.05) is 40.2 Å². The van der Waals surface area contributed by atoms with E-state index in [-0.39, 0.29) is 41.7 Å². The average molecular weight is 847 g/mol. The number of anilines is 1. The van der Waals surface area contributed by atoms with E-state index in [1.807, 2.05) is 60.9 Å². The molecule has 1 N–H and O–H groups in total. The minimum Gasteiger partial charge on any atom is -0.497 e. The summed E-state index contributed by atoms with van der Waals surface area (Å²) in [5.41, 5.74) is 6.54. The molecule has 296 valence electrons. The van der Waals surface area contributed by atoms with Crippen molar-refractivity contribution in [3.63, 3.8) is 0 Å². The molecule has 1 unspecified atom stereocenters. The topological polar surface area (TPSA) is 141 Å². The summed E-state index contributed by atoms with van der Waals surface area (Å²) in [6.07, 6.45) is 9.09. The number of benzene rings is 4. The van der Waals surface area contributed by atoms with E-state index in [0.717, 1.165) is 28.0 Å². The second-order valence-corrected chi connectivity index (χ2v) is 14.5. The average Bonchev–Trinajstić information content (AvgIpc) is 3.83. The molecule has 0 fully saturated rings. The molecule has 0 saturated heterocycles. The molecule has 14 heteroatoms. The maximum Gasteiger partial charge on any atom is 0.260 e. The Balaban J connectivity index is 0.894. The third-order valence-corrected chi connectivity index (χ3v) is 10.9. The fourth-order valence-corrected chi connectivity index (χ4v) is 7.47. The summed E-state index contributed by atoms with van der Waals surface area (Å²) in [6, 6.07) is 21.7. The molecule has 0 spiro atoms. The Morgan fingerprint density at radius 1 is 0.690 bits per heavy atom. The van der Waals surface area contributed by atoms with Gasteiger partial charge in [0.05, 0.1) is 74.5 Å². The molecule has 13 nitrogen and oxygen atoms in total. The molecule has 4 aliphatic rings. The van der Waals surface area contributed by atoms with Gasteiger partial charge in [-0.3, -0.25) is 24.4 Å². The van der Waals surface area contributed by atoms with Gasteiger partial charge in [-0.05, 0) is 58.7 Å². The standard InChI is InChI=1S/C44H40BrN5O8/c1-54-33-11-7-27(8-12-33)29-16-32-23-47-37-20-41(39(56-3)18-35(37)44(53)50(32)25-29)58-14-4-13-57-40-19-36-34(17-38(40)55-2)43(52)49-24-28(15-31(49)22-46-36)26-5-9-30(10-6-26)48-42(51)21-45/h5-12,17-20,22-25,31-32H,4,13-16,21H2,1-3H3,(H,48,51)/t31?,32-/m0/s1. The van der Waals surface area contributed by atoms with Crippen molar-refractivity contribution in [2.45, 2.75) is 31.3 Å². The number of hydrogen-bond donors (Lipinski definition) is 1. The number of methoxy groups -OCH3 is 3. The van der Waals surface area contributed by atoms with Crippen LogP contribution in [0.15, 0.2) is 95.2 Å². The van der Waals surface area contributed by atoms with Crippen LogP contribution >= 0.6 is 15.9 Å². The second kappa shape index (κ2) is 16.6. The summed E-state index contributed by atoms with van der Waals surface area (Å²) >= 11 is 3.16. The zero-order valence-electron chi connectivity index (χ0n) is 32.1. The molecular weight excluding hydrogens is 806 g/mol. The van der Waals surface area contributed by atoms with E-state index < -0.39 is 0 Å². The van der Waals surface area contributed by atoms with Crippen molar-refractivity contribution in [1.29, 1.82) is 0 Å². The van der Waals surface area contributed by atoms with Gasteiger partial charge >= 0.3 is 0 Å². The highest BCUT2D eigenvalue weighted by Crippen LogP contribution is 2.42. The van der Waals surface area contributed by atoms with E-state index in [1.54, 1.807) is 53.6 Å². The van der Waals surface area contributed by atoms with Gasteiger partial charge in [-0.25, -0.2) is 0 Å². The number of nitrogens with zero attached hydrogens (tertiary/aromatic N) is 4. The van der Waals surface area contributed by atoms with E-state index in [9.17, 15) is 14.4 Å². The predicted molar refractivity (Wildman–Crippen MR) is 225 cm³/mol. The minimum absolute atomic E-state index is 0.131. The molecule has 0 aliphatic carbocycles. The van der Waals surface area contributed by atoms with Crippen LogP contribution < -0.4 is 29.0 Å². The summed E-state index contributed by atoms with van der Waals surface area (Å²) in [6.45, 7) is 0.578. The number of aliphatic imine (C=N–C) groups is 2. The Morgan fingerprint density at radius 2 is 1.17 bits per heavy atom. The summed E-state index contributed by atoms with van der Waals surface area (Å²) < 4.78 is 28.8. The highest BCUT2D eigenvalue weighted by Gasteiger charge is 2.35. The van der Waals surface area contributed by atoms with Gasteiger partial charge in [0.25, 0.3) is 11.8 Å². The van der Waals surface area contributed by atoms with Gasteiger partial charge in [0, 0.05) is 61.9 Å². The van der Waals surface area contributed by atoms with Gasteiger partial charge in [0.1, 0.15) is 5.75 Å². The van der Waals surface area contributed by atoms with Crippen molar-refractivity contribution in [3.05, 3.63) is 107 Å². The molecule has 3 amide bonds. The number of alkyl halides is 1. The lowest BCUT2D eigenvalue weighted by Crippen LogP contribution is -2.32. The Hall–Kier alpha value is -6.41. The number of rotatable bonds is 13. The first-order valence-corrected chi connectivity index (χ1v) is 19.8. The van der Waals surface area contributed by atoms with Crippen LogP contribution in [0.3, 0.4) is 0 Å². The van der Waals surface area contributed by atoms with Gasteiger partial charge in [0.2, 0.25) is 5.91 Å². The number of amides is 3. The molecule has 4 aromatic carbocycles. The first-order valence-electron chi connectivity index (χ1n) is 18.7. The Bertz CT molecular complexity index is 2390. The SMILES string of the molecule is COc1ccc(C2=CN3C(=O)c4cc(OC)c(OCCCOc5cc6c(cc5OC)C(=O)N5C=C(c7ccc(NC(=O)CBr)cc7)CC5C=N6)cc4N=C[C@@H]3C2)cc1. The van der Waals surface area contributed by atoms with E-state index >= 15 is 0 Å². The van der Waals surface area contributed by atoms with Crippen LogP contribution in [0.5, 0.6) is 28.7 Å². The van der Waals surface area contributed by atoms with E-state index in [1.165, 1.54) is 14.2 Å². The van der Waals surface area contributed by atoms with Gasteiger partial charge < -0.3 is 38.8 Å². The van der Waals surface area contributed by atoms with Gasteiger partial charge in [-0.2, -0.15) is 0 Å². The molecule has 2 atom stereocenters. The van der Waals surface area contributed by atoms with Crippen molar-refractivity contribution >= 4 is 74.3 Å². The zero-order valence-corrected chi connectivity index (χ0v) is 33.7. The van der Waals surface area contributed by atoms with Crippen LogP contribution in [-0.4, -0.2) is 91.9 Å².